The van der Waals surface area contributed by atoms with Crippen molar-refractivity contribution in [1.29, 1.82) is 0 Å². The van der Waals surface area contributed by atoms with Crippen LogP contribution in [0.4, 0.5) is 11.4 Å². The molecule has 0 saturated carbocycles. The summed E-state index contributed by atoms with van der Waals surface area (Å²) in [5.74, 6) is -1.39. The number of ketones is 1. The van der Waals surface area contributed by atoms with Crippen molar-refractivity contribution in [3.63, 3.8) is 0 Å². The maximum atomic E-state index is 13.1. The number of carbonyl (C=O) groups is 2. The molecule has 1 atom stereocenters. The van der Waals surface area contributed by atoms with Gasteiger partial charge in [0.1, 0.15) is 11.5 Å². The number of aliphatic hydroxyl groups excluding tert-OH is 1. The molecule has 1 N–H and O–H groups in total. The molecule has 1 unspecified atom stereocenters. The highest BCUT2D eigenvalue weighted by molar-refractivity contribution is 6.51. The van der Waals surface area contributed by atoms with Gasteiger partial charge in [-0.3, -0.25) is 24.6 Å². The number of rotatable bonds is 6. The third-order valence-corrected chi connectivity index (χ3v) is 5.34. The minimum Gasteiger partial charge on any atom is -0.507 e. The van der Waals surface area contributed by atoms with Gasteiger partial charge in [-0.05, 0) is 48.9 Å². The van der Waals surface area contributed by atoms with E-state index in [1.807, 2.05) is 13.0 Å². The van der Waals surface area contributed by atoms with E-state index in [2.05, 4.69) is 0 Å². The van der Waals surface area contributed by atoms with Crippen molar-refractivity contribution in [1.82, 2.24) is 0 Å². The monoisotopic (exact) mass is 444 g/mol. The predicted molar refractivity (Wildman–Crippen MR) is 122 cm³/mol. The lowest BCUT2D eigenvalue weighted by atomic mass is 9.95. The SMILES string of the molecule is CCOc1ccc(N2C(=O)C(=O)/C(=C(\O)c3ccc([N+](=O)[O-])cc3)C2c2ccccc2)cc1. The number of ether oxygens (including phenoxy) is 1. The normalized spacial score (nSPS) is 17.2. The minimum absolute atomic E-state index is 0.0889. The third kappa shape index (κ3) is 4.06. The molecule has 0 bridgehead atoms. The molecule has 0 radical (unpaired) electrons. The van der Waals surface area contributed by atoms with E-state index < -0.39 is 28.4 Å². The summed E-state index contributed by atoms with van der Waals surface area (Å²) in [7, 11) is 0. The van der Waals surface area contributed by atoms with Crippen LogP contribution in [0.1, 0.15) is 24.1 Å². The summed E-state index contributed by atoms with van der Waals surface area (Å²) in [6.07, 6.45) is 0. The van der Waals surface area contributed by atoms with Gasteiger partial charge in [-0.2, -0.15) is 0 Å². The summed E-state index contributed by atoms with van der Waals surface area (Å²) in [4.78, 5) is 37.9. The van der Waals surface area contributed by atoms with Crippen molar-refractivity contribution in [2.24, 2.45) is 0 Å². The van der Waals surface area contributed by atoms with Crippen molar-refractivity contribution in [2.75, 3.05) is 11.5 Å². The predicted octanol–water partition coefficient (Wildman–Crippen LogP) is 4.62. The zero-order valence-electron chi connectivity index (χ0n) is 17.7. The van der Waals surface area contributed by atoms with Gasteiger partial charge in [-0.1, -0.05) is 30.3 Å². The van der Waals surface area contributed by atoms with Crippen LogP contribution in [0.2, 0.25) is 0 Å². The molecule has 3 aromatic rings. The lowest BCUT2D eigenvalue weighted by Crippen LogP contribution is -2.29. The third-order valence-electron chi connectivity index (χ3n) is 5.34. The number of carbonyl (C=O) groups excluding carboxylic acids is 2. The highest BCUT2D eigenvalue weighted by atomic mass is 16.6. The molecule has 1 aliphatic heterocycles. The molecule has 0 aromatic heterocycles. The number of nitrogens with zero attached hydrogens (tertiary/aromatic N) is 2. The second kappa shape index (κ2) is 8.96. The molecule has 8 heteroatoms. The number of anilines is 1. The number of amides is 1. The van der Waals surface area contributed by atoms with Crippen molar-refractivity contribution < 1.29 is 24.4 Å². The van der Waals surface area contributed by atoms with E-state index >= 15 is 0 Å². The molecule has 1 saturated heterocycles. The molecule has 0 aliphatic carbocycles. The molecule has 33 heavy (non-hydrogen) atoms. The van der Waals surface area contributed by atoms with Gasteiger partial charge < -0.3 is 9.84 Å². The molecular formula is C25H20N2O6. The Balaban J connectivity index is 1.85. The Morgan fingerprint density at radius 2 is 1.64 bits per heavy atom. The van der Waals surface area contributed by atoms with Crippen LogP contribution in [-0.4, -0.2) is 28.3 Å². The van der Waals surface area contributed by atoms with Crippen LogP contribution in [0.25, 0.3) is 5.76 Å². The number of nitro benzene ring substituents is 1. The highest BCUT2D eigenvalue weighted by Crippen LogP contribution is 2.42. The van der Waals surface area contributed by atoms with Gasteiger partial charge in [-0.25, -0.2) is 0 Å². The number of Topliss-reactive ketones (excluding diaryl/α,β-unsaturated/α-hetero) is 1. The van der Waals surface area contributed by atoms with E-state index in [1.165, 1.54) is 29.2 Å². The molecule has 0 spiro atoms. The number of aliphatic hydroxyl groups is 1. The van der Waals surface area contributed by atoms with Crippen LogP contribution in [-0.2, 0) is 9.59 Å². The summed E-state index contributed by atoms with van der Waals surface area (Å²) in [5, 5.41) is 22.0. The van der Waals surface area contributed by atoms with Gasteiger partial charge in [0.15, 0.2) is 0 Å². The van der Waals surface area contributed by atoms with Gasteiger partial charge in [0.05, 0.1) is 23.1 Å². The first-order chi connectivity index (χ1) is 15.9. The second-order valence-electron chi connectivity index (χ2n) is 7.31. The maximum absolute atomic E-state index is 13.1. The molecular weight excluding hydrogens is 424 g/mol. The topological polar surface area (TPSA) is 110 Å². The summed E-state index contributed by atoms with van der Waals surface area (Å²) in [6.45, 7) is 2.35. The molecule has 1 heterocycles. The largest absolute Gasteiger partial charge is 0.507 e. The van der Waals surface area contributed by atoms with Gasteiger partial charge >= 0.3 is 0 Å². The first-order valence-electron chi connectivity index (χ1n) is 10.3. The fourth-order valence-corrected chi connectivity index (χ4v) is 3.82. The summed E-state index contributed by atoms with van der Waals surface area (Å²) >= 11 is 0. The first-order valence-corrected chi connectivity index (χ1v) is 10.3. The molecule has 1 amide bonds. The number of hydrogen-bond donors (Lipinski definition) is 1. The van der Waals surface area contributed by atoms with Crippen LogP contribution >= 0.6 is 0 Å². The Morgan fingerprint density at radius 3 is 2.21 bits per heavy atom. The number of nitro groups is 1. The fraction of sp³-hybridized carbons (Fsp3) is 0.120. The first kappa shape index (κ1) is 21.8. The minimum atomic E-state index is -0.876. The lowest BCUT2D eigenvalue weighted by molar-refractivity contribution is -0.384. The average molecular weight is 444 g/mol. The quantitative estimate of drug-likeness (QED) is 0.195. The van der Waals surface area contributed by atoms with Crippen LogP contribution in [0.5, 0.6) is 5.75 Å². The zero-order valence-corrected chi connectivity index (χ0v) is 17.7. The maximum Gasteiger partial charge on any atom is 0.300 e. The molecule has 1 aliphatic rings. The fourth-order valence-electron chi connectivity index (χ4n) is 3.82. The molecule has 3 aromatic carbocycles. The van der Waals surface area contributed by atoms with Crippen molar-refractivity contribution in [3.8, 4) is 5.75 Å². The molecule has 166 valence electrons. The number of benzene rings is 3. The van der Waals surface area contributed by atoms with Crippen molar-refractivity contribution >= 4 is 28.8 Å². The van der Waals surface area contributed by atoms with E-state index in [-0.39, 0.29) is 16.8 Å². The Morgan fingerprint density at radius 1 is 1.00 bits per heavy atom. The standard InChI is InChI=1S/C25H20N2O6/c1-2-33-20-14-12-18(13-15-20)26-22(16-6-4-3-5-7-16)21(24(29)25(26)30)23(28)17-8-10-19(11-9-17)27(31)32/h3-15,22,28H,2H2,1H3/b23-21-. The second-order valence-corrected chi connectivity index (χ2v) is 7.31. The smallest absolute Gasteiger partial charge is 0.300 e. The van der Waals surface area contributed by atoms with Crippen LogP contribution < -0.4 is 9.64 Å². The Hall–Kier alpha value is -4.46. The van der Waals surface area contributed by atoms with Gasteiger partial charge in [0.2, 0.25) is 0 Å². The summed E-state index contributed by atoms with van der Waals surface area (Å²) in [6, 6.07) is 19.9. The number of hydrogen-bond acceptors (Lipinski definition) is 6. The average Bonchev–Trinajstić information content (AvgIpc) is 3.10. The highest BCUT2D eigenvalue weighted by Gasteiger charge is 2.46. The molecule has 1 fully saturated rings. The number of non-ortho nitro benzene ring substituents is 1. The van der Waals surface area contributed by atoms with Crippen molar-refractivity contribution in [2.45, 2.75) is 13.0 Å². The Labute approximate surface area is 189 Å². The van der Waals surface area contributed by atoms with E-state index in [9.17, 15) is 24.8 Å². The van der Waals surface area contributed by atoms with E-state index in [0.717, 1.165) is 0 Å². The van der Waals surface area contributed by atoms with E-state index in [4.69, 9.17) is 4.74 Å². The lowest BCUT2D eigenvalue weighted by Gasteiger charge is -2.25. The summed E-state index contributed by atoms with van der Waals surface area (Å²) in [5.41, 5.74) is 1.06. The molecule has 8 nitrogen and oxygen atoms in total. The van der Waals surface area contributed by atoms with Crippen LogP contribution in [0.15, 0.2) is 84.4 Å². The van der Waals surface area contributed by atoms with Gasteiger partial charge in [0, 0.05) is 23.4 Å². The summed E-state index contributed by atoms with van der Waals surface area (Å²) < 4.78 is 5.46. The van der Waals surface area contributed by atoms with E-state index in [0.29, 0.717) is 23.6 Å². The van der Waals surface area contributed by atoms with Gasteiger partial charge in [-0.15, -0.1) is 0 Å². The molecule has 4 rings (SSSR count). The van der Waals surface area contributed by atoms with Crippen LogP contribution in [0, 0.1) is 10.1 Å². The van der Waals surface area contributed by atoms with Crippen molar-refractivity contribution in [3.05, 3.63) is 106 Å². The van der Waals surface area contributed by atoms with Crippen LogP contribution in [0.3, 0.4) is 0 Å². The Bertz CT molecular complexity index is 1230. The zero-order chi connectivity index (χ0) is 23.5. The van der Waals surface area contributed by atoms with E-state index in [1.54, 1.807) is 48.5 Å². The van der Waals surface area contributed by atoms with Gasteiger partial charge in [0.25, 0.3) is 17.4 Å². The Kier molecular flexibility index (Phi) is 5.91.